The monoisotopic (exact) mass is 314 g/mol. The molecule has 2 saturated heterocycles. The minimum Gasteiger partial charge on any atom is -0.338 e. The fourth-order valence-corrected chi connectivity index (χ4v) is 3.31. The van der Waals surface area contributed by atoms with E-state index in [1.807, 2.05) is 30.0 Å². The van der Waals surface area contributed by atoms with Gasteiger partial charge in [0.15, 0.2) is 0 Å². The zero-order valence-corrected chi connectivity index (χ0v) is 13.1. The predicted octanol–water partition coefficient (Wildman–Crippen LogP) is 2.89. The first kappa shape index (κ1) is 15.6. The zero-order valence-electron chi connectivity index (χ0n) is 11.6. The first-order valence-electron chi connectivity index (χ1n) is 6.94. The number of piperidine rings is 1. The Kier molecular flexibility index (Phi) is 4.95. The summed E-state index contributed by atoms with van der Waals surface area (Å²) in [5, 5.41) is 4.24. The number of nitrogens with zero attached hydrogens (tertiary/aromatic N) is 1. The van der Waals surface area contributed by atoms with Crippen molar-refractivity contribution < 1.29 is 4.79 Å². The Balaban J connectivity index is 0.00000147. The number of halogens is 2. The van der Waals surface area contributed by atoms with Crippen LogP contribution < -0.4 is 5.32 Å². The van der Waals surface area contributed by atoms with Crippen LogP contribution >= 0.6 is 24.0 Å². The van der Waals surface area contributed by atoms with E-state index >= 15 is 0 Å². The van der Waals surface area contributed by atoms with Gasteiger partial charge in [0.05, 0.1) is 0 Å². The Morgan fingerprint density at radius 2 is 2.20 bits per heavy atom. The summed E-state index contributed by atoms with van der Waals surface area (Å²) in [6.45, 7) is 4.77. The number of benzene rings is 1. The minimum absolute atomic E-state index is 0. The number of nitrogens with one attached hydrogen (secondary N) is 1. The quantitative estimate of drug-likeness (QED) is 0.864. The highest BCUT2D eigenvalue weighted by Crippen LogP contribution is 2.26. The van der Waals surface area contributed by atoms with Crippen LogP contribution in [0.2, 0.25) is 5.02 Å². The van der Waals surface area contributed by atoms with Crippen molar-refractivity contribution in [3.8, 4) is 0 Å². The second-order valence-corrected chi connectivity index (χ2v) is 6.02. The molecule has 2 aliphatic rings. The Hall–Kier alpha value is -0.770. The summed E-state index contributed by atoms with van der Waals surface area (Å²) >= 11 is 6.01. The van der Waals surface area contributed by atoms with E-state index in [9.17, 15) is 4.79 Å². The summed E-state index contributed by atoms with van der Waals surface area (Å²) in [4.78, 5) is 14.5. The molecule has 3 rings (SSSR count). The molecule has 110 valence electrons. The number of hydrogen-bond donors (Lipinski definition) is 1. The molecule has 0 radical (unpaired) electrons. The maximum atomic E-state index is 12.5. The van der Waals surface area contributed by atoms with E-state index in [-0.39, 0.29) is 18.3 Å². The van der Waals surface area contributed by atoms with Crippen LogP contribution in [-0.4, -0.2) is 36.5 Å². The van der Waals surface area contributed by atoms with E-state index in [2.05, 4.69) is 5.32 Å². The van der Waals surface area contributed by atoms with Gasteiger partial charge in [-0.1, -0.05) is 11.6 Å². The van der Waals surface area contributed by atoms with Gasteiger partial charge in [0, 0.05) is 29.7 Å². The zero-order chi connectivity index (χ0) is 13.4. The fraction of sp³-hybridized carbons (Fsp3) is 0.533. The van der Waals surface area contributed by atoms with Crippen molar-refractivity contribution in [1.82, 2.24) is 10.2 Å². The van der Waals surface area contributed by atoms with Crippen molar-refractivity contribution in [1.29, 1.82) is 0 Å². The molecule has 3 nitrogen and oxygen atoms in total. The lowest BCUT2D eigenvalue weighted by Gasteiger charge is -2.35. The minimum atomic E-state index is 0. The van der Waals surface area contributed by atoms with Crippen molar-refractivity contribution in [3.05, 3.63) is 34.3 Å². The van der Waals surface area contributed by atoms with Gasteiger partial charge >= 0.3 is 0 Å². The maximum absolute atomic E-state index is 12.5. The third-order valence-corrected chi connectivity index (χ3v) is 4.77. The third kappa shape index (κ3) is 2.95. The molecule has 1 N–H and O–H groups in total. The van der Waals surface area contributed by atoms with Gasteiger partial charge in [0.25, 0.3) is 5.91 Å². The number of carbonyl (C=O) groups is 1. The van der Waals surface area contributed by atoms with E-state index < -0.39 is 0 Å². The normalized spacial score (nSPS) is 25.0. The first-order chi connectivity index (χ1) is 9.15. The van der Waals surface area contributed by atoms with E-state index in [1.54, 1.807) is 0 Å². The number of aryl methyl sites for hydroxylation is 1. The second-order valence-electron chi connectivity index (χ2n) is 5.61. The van der Waals surface area contributed by atoms with Crippen LogP contribution in [-0.2, 0) is 0 Å². The van der Waals surface area contributed by atoms with Gasteiger partial charge in [0.2, 0.25) is 0 Å². The van der Waals surface area contributed by atoms with Gasteiger partial charge in [-0.15, -0.1) is 12.4 Å². The van der Waals surface area contributed by atoms with Crippen LogP contribution in [0.4, 0.5) is 0 Å². The molecule has 2 unspecified atom stereocenters. The summed E-state index contributed by atoms with van der Waals surface area (Å²) in [6.07, 6.45) is 2.26. The lowest BCUT2D eigenvalue weighted by Crippen LogP contribution is -2.46. The average molecular weight is 315 g/mol. The van der Waals surface area contributed by atoms with Crippen molar-refractivity contribution in [2.24, 2.45) is 5.92 Å². The molecule has 0 saturated carbocycles. The van der Waals surface area contributed by atoms with Gasteiger partial charge in [-0.2, -0.15) is 0 Å². The summed E-state index contributed by atoms with van der Waals surface area (Å²) < 4.78 is 0. The molecule has 5 heteroatoms. The molecule has 0 aliphatic carbocycles. The van der Waals surface area contributed by atoms with Crippen molar-refractivity contribution >= 4 is 29.9 Å². The topological polar surface area (TPSA) is 32.3 Å². The van der Waals surface area contributed by atoms with Gasteiger partial charge < -0.3 is 10.2 Å². The van der Waals surface area contributed by atoms with Crippen LogP contribution in [0.3, 0.4) is 0 Å². The second kappa shape index (κ2) is 6.33. The molecule has 1 amide bonds. The van der Waals surface area contributed by atoms with E-state index in [1.165, 1.54) is 6.42 Å². The van der Waals surface area contributed by atoms with Crippen molar-refractivity contribution in [3.63, 3.8) is 0 Å². The molecular formula is C15H20Cl2N2O. The van der Waals surface area contributed by atoms with Gasteiger partial charge in [0.1, 0.15) is 0 Å². The Bertz CT molecular complexity index is 507. The molecule has 20 heavy (non-hydrogen) atoms. The molecule has 1 aromatic carbocycles. The van der Waals surface area contributed by atoms with Crippen molar-refractivity contribution in [2.45, 2.75) is 25.8 Å². The lowest BCUT2D eigenvalue weighted by atomic mass is 9.93. The smallest absolute Gasteiger partial charge is 0.253 e. The Morgan fingerprint density at radius 1 is 1.40 bits per heavy atom. The standard InChI is InChI=1S/C15H19ClN2O.ClH/c1-10-8-11(2-3-13(10)16)15(19)18-7-5-14-12(9-18)4-6-17-14;/h2-3,8,12,14,17H,4-7,9H2,1H3;1H. The molecule has 0 aromatic heterocycles. The molecule has 2 fully saturated rings. The average Bonchev–Trinajstić information content (AvgIpc) is 2.88. The highest BCUT2D eigenvalue weighted by Gasteiger charge is 2.34. The predicted molar refractivity (Wildman–Crippen MR) is 83.9 cm³/mol. The number of hydrogen-bond acceptors (Lipinski definition) is 2. The fourth-order valence-electron chi connectivity index (χ4n) is 3.19. The summed E-state index contributed by atoms with van der Waals surface area (Å²) in [6, 6.07) is 6.16. The molecular weight excluding hydrogens is 295 g/mol. The molecule has 0 bridgehead atoms. The van der Waals surface area contributed by atoms with E-state index in [0.717, 1.165) is 42.2 Å². The molecule has 2 heterocycles. The van der Waals surface area contributed by atoms with E-state index in [4.69, 9.17) is 11.6 Å². The molecule has 0 spiro atoms. The molecule has 2 aliphatic heterocycles. The molecule has 2 atom stereocenters. The number of likely N-dealkylation sites (tertiary alicyclic amines) is 1. The third-order valence-electron chi connectivity index (χ3n) is 4.35. The van der Waals surface area contributed by atoms with Gasteiger partial charge in [-0.05, 0) is 56.0 Å². The van der Waals surface area contributed by atoms with Crippen LogP contribution in [0.1, 0.15) is 28.8 Å². The van der Waals surface area contributed by atoms with Crippen molar-refractivity contribution in [2.75, 3.05) is 19.6 Å². The SMILES string of the molecule is Cc1cc(C(=O)N2CCC3NCCC3C2)ccc1Cl.Cl. The van der Waals surface area contributed by atoms with Crippen LogP contribution in [0.25, 0.3) is 0 Å². The Morgan fingerprint density at radius 3 is 2.95 bits per heavy atom. The summed E-state index contributed by atoms with van der Waals surface area (Å²) in [5.41, 5.74) is 1.72. The van der Waals surface area contributed by atoms with Crippen LogP contribution in [0.15, 0.2) is 18.2 Å². The highest BCUT2D eigenvalue weighted by molar-refractivity contribution is 6.31. The van der Waals surface area contributed by atoms with Gasteiger partial charge in [-0.25, -0.2) is 0 Å². The number of carbonyl (C=O) groups excluding carboxylic acids is 1. The Labute approximate surface area is 131 Å². The van der Waals surface area contributed by atoms with Crippen LogP contribution in [0, 0.1) is 12.8 Å². The maximum Gasteiger partial charge on any atom is 0.253 e. The first-order valence-corrected chi connectivity index (χ1v) is 7.32. The van der Waals surface area contributed by atoms with E-state index in [0.29, 0.717) is 12.0 Å². The highest BCUT2D eigenvalue weighted by atomic mass is 35.5. The number of rotatable bonds is 1. The number of fused-ring (bicyclic) bond motifs is 1. The summed E-state index contributed by atoms with van der Waals surface area (Å²) in [7, 11) is 0. The van der Waals surface area contributed by atoms with Gasteiger partial charge in [-0.3, -0.25) is 4.79 Å². The number of amides is 1. The lowest BCUT2D eigenvalue weighted by molar-refractivity contribution is 0.0662. The summed E-state index contributed by atoms with van der Waals surface area (Å²) in [5.74, 6) is 0.774. The molecule has 1 aromatic rings. The largest absolute Gasteiger partial charge is 0.338 e. The van der Waals surface area contributed by atoms with Crippen LogP contribution in [0.5, 0.6) is 0 Å².